The standard InChI is InChI=1S/C11H14ClN3O2/c12-9-4-6-14-7-8(9)11(17)15-5-2-1-3-10(13)16/h4,6-7H,1-3,5H2,(H2,13,16)(H,15,17). The number of nitrogens with zero attached hydrogens (tertiary/aromatic N) is 1. The second-order valence-electron chi connectivity index (χ2n) is 3.53. The van der Waals surface area contributed by atoms with Gasteiger partial charge in [0.25, 0.3) is 5.91 Å². The minimum absolute atomic E-state index is 0.262. The smallest absolute Gasteiger partial charge is 0.254 e. The Morgan fingerprint density at radius 1 is 1.41 bits per heavy atom. The molecule has 0 unspecified atom stereocenters. The van der Waals surface area contributed by atoms with Gasteiger partial charge in [-0.25, -0.2) is 0 Å². The van der Waals surface area contributed by atoms with Crippen molar-refractivity contribution >= 4 is 23.4 Å². The lowest BCUT2D eigenvalue weighted by Gasteiger charge is -2.05. The molecule has 17 heavy (non-hydrogen) atoms. The number of unbranched alkanes of at least 4 members (excludes halogenated alkanes) is 1. The number of carbonyl (C=O) groups excluding carboxylic acids is 2. The number of carbonyl (C=O) groups is 2. The molecule has 2 amide bonds. The van der Waals surface area contributed by atoms with Gasteiger partial charge in [0.2, 0.25) is 5.91 Å². The van der Waals surface area contributed by atoms with Crippen molar-refractivity contribution in [3.05, 3.63) is 29.0 Å². The zero-order chi connectivity index (χ0) is 12.7. The van der Waals surface area contributed by atoms with E-state index in [0.29, 0.717) is 36.4 Å². The predicted molar refractivity (Wildman–Crippen MR) is 64.6 cm³/mol. The number of rotatable bonds is 6. The Morgan fingerprint density at radius 2 is 2.18 bits per heavy atom. The minimum atomic E-state index is -0.327. The Bertz CT molecular complexity index is 409. The number of aromatic nitrogens is 1. The maximum Gasteiger partial charge on any atom is 0.254 e. The van der Waals surface area contributed by atoms with Crippen LogP contribution in [-0.2, 0) is 4.79 Å². The highest BCUT2D eigenvalue weighted by atomic mass is 35.5. The number of primary amides is 1. The van der Waals surface area contributed by atoms with Gasteiger partial charge in [-0.3, -0.25) is 14.6 Å². The fraction of sp³-hybridized carbons (Fsp3) is 0.364. The number of hydrogen-bond donors (Lipinski definition) is 2. The van der Waals surface area contributed by atoms with Crippen LogP contribution < -0.4 is 11.1 Å². The van der Waals surface area contributed by atoms with E-state index in [-0.39, 0.29) is 11.8 Å². The Labute approximate surface area is 104 Å². The molecule has 0 atom stereocenters. The summed E-state index contributed by atoms with van der Waals surface area (Å²) in [6.45, 7) is 0.483. The number of nitrogens with two attached hydrogens (primary N) is 1. The lowest BCUT2D eigenvalue weighted by Crippen LogP contribution is -2.25. The molecule has 1 aromatic rings. The van der Waals surface area contributed by atoms with Crippen LogP contribution in [0.2, 0.25) is 5.02 Å². The third-order valence-corrected chi connectivity index (χ3v) is 2.48. The van der Waals surface area contributed by atoms with Gasteiger partial charge in [0.05, 0.1) is 10.6 Å². The fourth-order valence-electron chi connectivity index (χ4n) is 1.27. The number of hydrogen-bond acceptors (Lipinski definition) is 3. The fourth-order valence-corrected chi connectivity index (χ4v) is 1.46. The van der Waals surface area contributed by atoms with Gasteiger partial charge < -0.3 is 11.1 Å². The zero-order valence-corrected chi connectivity index (χ0v) is 10.0. The third kappa shape index (κ3) is 4.82. The van der Waals surface area contributed by atoms with E-state index in [1.165, 1.54) is 12.4 Å². The first-order chi connectivity index (χ1) is 8.11. The molecule has 0 aliphatic carbocycles. The molecule has 0 radical (unpaired) electrons. The number of halogens is 1. The summed E-state index contributed by atoms with van der Waals surface area (Å²) in [5, 5.41) is 3.07. The van der Waals surface area contributed by atoms with Crippen molar-refractivity contribution in [2.45, 2.75) is 19.3 Å². The maximum atomic E-state index is 11.6. The second-order valence-corrected chi connectivity index (χ2v) is 3.94. The van der Waals surface area contributed by atoms with E-state index in [9.17, 15) is 9.59 Å². The Kier molecular flexibility index (Phi) is 5.42. The van der Waals surface area contributed by atoms with Gasteiger partial charge in [-0.1, -0.05) is 11.6 Å². The molecule has 5 nitrogen and oxygen atoms in total. The molecule has 0 saturated heterocycles. The van der Waals surface area contributed by atoms with E-state index in [1.54, 1.807) is 6.07 Å². The normalized spacial score (nSPS) is 9.94. The Hall–Kier alpha value is -1.62. The molecule has 92 valence electrons. The number of amides is 2. The summed E-state index contributed by atoms with van der Waals surface area (Å²) in [7, 11) is 0. The molecular weight excluding hydrogens is 242 g/mol. The minimum Gasteiger partial charge on any atom is -0.370 e. The average Bonchev–Trinajstić information content (AvgIpc) is 2.28. The SMILES string of the molecule is NC(=O)CCCCNC(=O)c1cnccc1Cl. The van der Waals surface area contributed by atoms with Crippen LogP contribution in [0.3, 0.4) is 0 Å². The molecular formula is C11H14ClN3O2. The summed E-state index contributed by atoms with van der Waals surface area (Å²) in [6, 6.07) is 1.56. The van der Waals surface area contributed by atoms with Crippen molar-refractivity contribution in [1.82, 2.24) is 10.3 Å². The molecule has 1 rings (SSSR count). The molecule has 6 heteroatoms. The molecule has 1 heterocycles. The summed E-state index contributed by atoms with van der Waals surface area (Å²) in [4.78, 5) is 25.9. The van der Waals surface area contributed by atoms with Crippen molar-refractivity contribution in [3.63, 3.8) is 0 Å². The third-order valence-electron chi connectivity index (χ3n) is 2.15. The van der Waals surface area contributed by atoms with Crippen molar-refractivity contribution in [1.29, 1.82) is 0 Å². The van der Waals surface area contributed by atoms with Crippen molar-refractivity contribution < 1.29 is 9.59 Å². The molecule has 0 aliphatic rings. The van der Waals surface area contributed by atoms with E-state index < -0.39 is 0 Å². The largest absolute Gasteiger partial charge is 0.370 e. The first-order valence-corrected chi connectivity index (χ1v) is 5.65. The monoisotopic (exact) mass is 255 g/mol. The van der Waals surface area contributed by atoms with Gasteiger partial charge in [-0.2, -0.15) is 0 Å². The summed E-state index contributed by atoms with van der Waals surface area (Å²) < 4.78 is 0. The van der Waals surface area contributed by atoms with Gasteiger partial charge in [0.1, 0.15) is 0 Å². The van der Waals surface area contributed by atoms with Crippen LogP contribution in [0.4, 0.5) is 0 Å². The van der Waals surface area contributed by atoms with E-state index in [0.717, 1.165) is 0 Å². The Balaban J connectivity index is 2.31. The molecule has 0 saturated carbocycles. The first-order valence-electron chi connectivity index (χ1n) is 5.27. The van der Waals surface area contributed by atoms with Crippen molar-refractivity contribution in [3.8, 4) is 0 Å². The highest BCUT2D eigenvalue weighted by molar-refractivity contribution is 6.33. The quantitative estimate of drug-likeness (QED) is 0.747. The Morgan fingerprint density at radius 3 is 2.82 bits per heavy atom. The molecule has 3 N–H and O–H groups in total. The predicted octanol–water partition coefficient (Wildman–Crippen LogP) is 1.12. The van der Waals surface area contributed by atoms with E-state index in [2.05, 4.69) is 10.3 Å². The summed E-state index contributed by atoms with van der Waals surface area (Å²) >= 11 is 5.84. The van der Waals surface area contributed by atoms with E-state index >= 15 is 0 Å². The average molecular weight is 256 g/mol. The maximum absolute atomic E-state index is 11.6. The first kappa shape index (κ1) is 13.4. The van der Waals surface area contributed by atoms with Crippen molar-refractivity contribution in [2.75, 3.05) is 6.54 Å². The van der Waals surface area contributed by atoms with Crippen LogP contribution in [-0.4, -0.2) is 23.3 Å². The molecule has 0 spiro atoms. The van der Waals surface area contributed by atoms with E-state index in [4.69, 9.17) is 17.3 Å². The summed E-state index contributed by atoms with van der Waals surface area (Å²) in [5.74, 6) is -0.589. The highest BCUT2D eigenvalue weighted by Crippen LogP contribution is 2.12. The topological polar surface area (TPSA) is 85.1 Å². The van der Waals surface area contributed by atoms with Crippen LogP contribution >= 0.6 is 11.6 Å². The van der Waals surface area contributed by atoms with Gasteiger partial charge >= 0.3 is 0 Å². The van der Waals surface area contributed by atoms with Crippen LogP contribution in [0.5, 0.6) is 0 Å². The highest BCUT2D eigenvalue weighted by Gasteiger charge is 2.08. The zero-order valence-electron chi connectivity index (χ0n) is 9.28. The molecule has 0 aliphatic heterocycles. The number of pyridine rings is 1. The van der Waals surface area contributed by atoms with Gasteiger partial charge in [0.15, 0.2) is 0 Å². The van der Waals surface area contributed by atoms with Gasteiger partial charge in [0, 0.05) is 25.4 Å². The van der Waals surface area contributed by atoms with Crippen LogP contribution in [0.1, 0.15) is 29.6 Å². The molecule has 1 aromatic heterocycles. The van der Waals surface area contributed by atoms with E-state index in [1.807, 2.05) is 0 Å². The summed E-state index contributed by atoms with van der Waals surface area (Å²) in [5.41, 5.74) is 5.34. The van der Waals surface area contributed by atoms with Crippen molar-refractivity contribution in [2.24, 2.45) is 5.73 Å². The molecule has 0 bridgehead atoms. The molecule has 0 fully saturated rings. The van der Waals surface area contributed by atoms with Gasteiger partial charge in [-0.15, -0.1) is 0 Å². The molecule has 0 aromatic carbocycles. The van der Waals surface area contributed by atoms with Crippen LogP contribution in [0.25, 0.3) is 0 Å². The van der Waals surface area contributed by atoms with Gasteiger partial charge in [-0.05, 0) is 18.9 Å². The summed E-state index contributed by atoms with van der Waals surface area (Å²) in [6.07, 6.45) is 4.64. The lowest BCUT2D eigenvalue weighted by atomic mass is 10.2. The lowest BCUT2D eigenvalue weighted by molar-refractivity contribution is -0.118. The second kappa shape index (κ2) is 6.85. The van der Waals surface area contributed by atoms with Crippen LogP contribution in [0, 0.1) is 0 Å². The number of nitrogens with one attached hydrogen (secondary N) is 1. The van der Waals surface area contributed by atoms with Crippen LogP contribution in [0.15, 0.2) is 18.5 Å².